The summed E-state index contributed by atoms with van der Waals surface area (Å²) in [6.45, 7) is 0. The Morgan fingerprint density at radius 1 is 1.09 bits per heavy atom. The molecule has 2 aromatic heterocycles. The molecule has 0 radical (unpaired) electrons. The van der Waals surface area contributed by atoms with E-state index in [4.69, 9.17) is 0 Å². The first-order chi connectivity index (χ1) is 11.1. The zero-order chi connectivity index (χ0) is 16.0. The van der Waals surface area contributed by atoms with E-state index in [1.807, 2.05) is 24.3 Å². The Kier molecular flexibility index (Phi) is 3.32. The minimum absolute atomic E-state index is 0.176. The van der Waals surface area contributed by atoms with E-state index in [-0.39, 0.29) is 17.3 Å². The van der Waals surface area contributed by atoms with Crippen LogP contribution in [0.1, 0.15) is 20.0 Å². The van der Waals surface area contributed by atoms with Crippen molar-refractivity contribution in [2.45, 2.75) is 0 Å². The Balaban J connectivity index is 1.73. The van der Waals surface area contributed by atoms with Crippen LogP contribution in [0.3, 0.4) is 0 Å². The number of hydrogen-bond donors (Lipinski definition) is 0. The van der Waals surface area contributed by atoms with Crippen LogP contribution in [-0.2, 0) is 0 Å². The van der Waals surface area contributed by atoms with Gasteiger partial charge in [0, 0.05) is 21.7 Å². The van der Waals surface area contributed by atoms with Crippen molar-refractivity contribution < 1.29 is 9.59 Å². The number of halogens is 1. The molecule has 0 spiro atoms. The second kappa shape index (κ2) is 5.36. The largest absolute Gasteiger partial charge is 0.288 e. The number of aromatic nitrogens is 3. The van der Waals surface area contributed by atoms with E-state index >= 15 is 0 Å². The molecule has 7 heteroatoms. The van der Waals surface area contributed by atoms with Gasteiger partial charge in [0.25, 0.3) is 0 Å². The van der Waals surface area contributed by atoms with Crippen molar-refractivity contribution in [2.24, 2.45) is 0 Å². The van der Waals surface area contributed by atoms with Crippen molar-refractivity contribution in [1.82, 2.24) is 15.0 Å². The van der Waals surface area contributed by atoms with Crippen LogP contribution in [0.15, 0.2) is 52.5 Å². The highest BCUT2D eigenvalue weighted by Crippen LogP contribution is 2.28. The van der Waals surface area contributed by atoms with Gasteiger partial charge in [-0.2, -0.15) is 0 Å². The van der Waals surface area contributed by atoms with Gasteiger partial charge in [0.1, 0.15) is 11.4 Å². The highest BCUT2D eigenvalue weighted by Gasteiger charge is 2.28. The van der Waals surface area contributed by atoms with Gasteiger partial charge in [-0.25, -0.2) is 4.68 Å². The number of benzene rings is 1. The van der Waals surface area contributed by atoms with Gasteiger partial charge >= 0.3 is 0 Å². The van der Waals surface area contributed by atoms with Crippen molar-refractivity contribution in [2.75, 3.05) is 0 Å². The van der Waals surface area contributed by atoms with E-state index < -0.39 is 0 Å². The molecule has 3 aromatic rings. The number of allylic oxidation sites excluding steroid dienone is 2. The van der Waals surface area contributed by atoms with E-state index in [1.54, 1.807) is 17.6 Å². The molecule has 0 fully saturated rings. The van der Waals surface area contributed by atoms with E-state index in [0.717, 1.165) is 10.0 Å². The Labute approximate surface area is 143 Å². The molecule has 23 heavy (non-hydrogen) atoms. The monoisotopic (exact) mass is 385 g/mol. The molecule has 0 atom stereocenters. The summed E-state index contributed by atoms with van der Waals surface area (Å²) in [6.07, 6.45) is 2.97. The van der Waals surface area contributed by atoms with Gasteiger partial charge in [-0.05, 0) is 23.6 Å². The van der Waals surface area contributed by atoms with Crippen LogP contribution >= 0.6 is 27.3 Å². The van der Waals surface area contributed by atoms with Gasteiger partial charge in [-0.15, -0.1) is 16.4 Å². The first kappa shape index (κ1) is 14.2. The average Bonchev–Trinajstić information content (AvgIpc) is 3.21. The topological polar surface area (TPSA) is 64.8 Å². The first-order valence-corrected chi connectivity index (χ1v) is 8.37. The molecule has 2 heterocycles. The minimum atomic E-state index is -0.215. The lowest BCUT2D eigenvalue weighted by Gasteiger charge is -2.10. The maximum atomic E-state index is 12.5. The quantitative estimate of drug-likeness (QED) is 0.674. The van der Waals surface area contributed by atoms with Gasteiger partial charge < -0.3 is 0 Å². The maximum Gasteiger partial charge on any atom is 0.213 e. The zero-order valence-electron chi connectivity index (χ0n) is 11.6. The summed E-state index contributed by atoms with van der Waals surface area (Å²) in [5.41, 5.74) is 2.16. The smallest absolute Gasteiger partial charge is 0.213 e. The third-order valence-electron chi connectivity index (χ3n) is 3.51. The fourth-order valence-electron chi connectivity index (χ4n) is 2.38. The predicted molar refractivity (Wildman–Crippen MR) is 90.4 cm³/mol. The number of fused-ring (bicyclic) bond motifs is 1. The van der Waals surface area contributed by atoms with Crippen molar-refractivity contribution in [3.63, 3.8) is 0 Å². The normalized spacial score (nSPS) is 13.9. The molecule has 1 aromatic carbocycles. The van der Waals surface area contributed by atoms with E-state index in [9.17, 15) is 9.59 Å². The number of nitrogens with zero attached hydrogens (tertiary/aromatic N) is 3. The van der Waals surface area contributed by atoms with Gasteiger partial charge in [0.05, 0.1) is 11.1 Å². The Morgan fingerprint density at radius 2 is 1.87 bits per heavy atom. The molecule has 4 rings (SSSR count). The summed E-state index contributed by atoms with van der Waals surface area (Å²) in [7, 11) is 0. The Morgan fingerprint density at radius 3 is 2.65 bits per heavy atom. The molecular weight excluding hydrogens is 378 g/mol. The van der Waals surface area contributed by atoms with E-state index in [1.165, 1.54) is 22.1 Å². The van der Waals surface area contributed by atoms with Crippen LogP contribution < -0.4 is 0 Å². The lowest BCUT2D eigenvalue weighted by molar-refractivity contribution is 0.1000. The third kappa shape index (κ3) is 2.38. The fraction of sp³-hybridized carbons (Fsp3) is 0. The van der Waals surface area contributed by atoms with Crippen LogP contribution in [0.5, 0.6) is 0 Å². The van der Waals surface area contributed by atoms with Crippen molar-refractivity contribution in [1.29, 1.82) is 0 Å². The number of carbonyl (C=O) groups is 2. The summed E-state index contributed by atoms with van der Waals surface area (Å²) in [6, 6.07) is 9.27. The molecule has 0 saturated carbocycles. The molecule has 112 valence electrons. The van der Waals surface area contributed by atoms with E-state index in [0.29, 0.717) is 16.1 Å². The molecular formula is C16H8BrN3O2S. The molecule has 0 saturated heterocycles. The molecule has 0 N–H and O–H groups in total. The standard InChI is InChI=1S/C16H8BrN3O2S/c17-10-3-1-9(2-4-10)12-8-20(19-18-12)13-7-14(21)16-11(15(13)22)5-6-23-16/h1-8H. The van der Waals surface area contributed by atoms with Crippen LogP contribution in [0, 0.1) is 0 Å². The summed E-state index contributed by atoms with van der Waals surface area (Å²) in [5, 5.41) is 9.83. The average molecular weight is 386 g/mol. The van der Waals surface area contributed by atoms with Gasteiger partial charge in [-0.3, -0.25) is 9.59 Å². The van der Waals surface area contributed by atoms with Crippen LogP contribution in [0.2, 0.25) is 0 Å². The molecule has 0 unspecified atom stereocenters. The number of carbonyl (C=O) groups excluding carboxylic acids is 2. The first-order valence-electron chi connectivity index (χ1n) is 6.70. The van der Waals surface area contributed by atoms with Gasteiger partial charge in [-0.1, -0.05) is 33.3 Å². The van der Waals surface area contributed by atoms with Gasteiger partial charge in [0.15, 0.2) is 5.78 Å². The predicted octanol–water partition coefficient (Wildman–Crippen LogP) is 3.69. The Hall–Kier alpha value is -2.38. The molecule has 1 aliphatic carbocycles. The van der Waals surface area contributed by atoms with Crippen molar-refractivity contribution in [3.05, 3.63) is 62.9 Å². The summed E-state index contributed by atoms with van der Waals surface area (Å²) >= 11 is 4.65. The number of hydrogen-bond acceptors (Lipinski definition) is 5. The summed E-state index contributed by atoms with van der Waals surface area (Å²) in [4.78, 5) is 25.1. The molecule has 0 aliphatic heterocycles. The van der Waals surface area contributed by atoms with Crippen LogP contribution in [0.25, 0.3) is 17.0 Å². The number of rotatable bonds is 2. The summed E-state index contributed by atoms with van der Waals surface area (Å²) in [5.74, 6) is -0.390. The molecule has 5 nitrogen and oxygen atoms in total. The highest BCUT2D eigenvalue weighted by atomic mass is 79.9. The second-order valence-corrected chi connectivity index (χ2v) is 6.77. The fourth-order valence-corrected chi connectivity index (χ4v) is 3.44. The second-order valence-electron chi connectivity index (χ2n) is 4.94. The SMILES string of the molecule is O=C1C(n2cc(-c3ccc(Br)cc3)nn2)=CC(=O)c2sccc21. The molecule has 0 amide bonds. The molecule has 1 aliphatic rings. The van der Waals surface area contributed by atoms with Crippen LogP contribution in [0.4, 0.5) is 0 Å². The van der Waals surface area contributed by atoms with E-state index in [2.05, 4.69) is 26.2 Å². The minimum Gasteiger partial charge on any atom is -0.288 e. The molecule has 0 bridgehead atoms. The Bertz CT molecular complexity index is 969. The van der Waals surface area contributed by atoms with Gasteiger partial charge in [0.2, 0.25) is 5.78 Å². The maximum absolute atomic E-state index is 12.5. The number of Topliss-reactive ketones (excluding diaryl/α,β-unsaturated/α-hetero) is 1. The summed E-state index contributed by atoms with van der Waals surface area (Å²) < 4.78 is 2.33. The number of thiophene rings is 1. The highest BCUT2D eigenvalue weighted by molar-refractivity contribution is 9.10. The zero-order valence-corrected chi connectivity index (χ0v) is 14.0. The van der Waals surface area contributed by atoms with Crippen molar-refractivity contribution in [3.8, 4) is 11.3 Å². The van der Waals surface area contributed by atoms with Crippen molar-refractivity contribution >= 4 is 44.5 Å². The number of ketones is 2. The lowest BCUT2D eigenvalue weighted by Crippen LogP contribution is -2.18. The third-order valence-corrected chi connectivity index (χ3v) is 4.97. The van der Waals surface area contributed by atoms with Crippen LogP contribution in [-0.4, -0.2) is 26.6 Å². The lowest BCUT2D eigenvalue weighted by atomic mass is 10.0.